The Morgan fingerprint density at radius 2 is 2.42 bits per heavy atom. The van der Waals surface area contributed by atoms with Gasteiger partial charge in [-0.25, -0.2) is 4.98 Å². The minimum absolute atomic E-state index is 0.319. The quantitative estimate of drug-likeness (QED) is 0.604. The number of nitrogens with two attached hydrogens (primary N) is 1. The molecule has 2 rings (SSSR count). The van der Waals surface area contributed by atoms with E-state index >= 15 is 0 Å². The molecule has 0 aliphatic rings. The second-order valence-corrected chi connectivity index (χ2v) is 2.32. The molecule has 0 fully saturated rings. The van der Waals surface area contributed by atoms with Gasteiger partial charge in [0, 0.05) is 12.3 Å². The third-order valence-electron chi connectivity index (χ3n) is 1.61. The van der Waals surface area contributed by atoms with E-state index in [2.05, 4.69) is 10.1 Å². The van der Waals surface area contributed by atoms with Crippen LogP contribution in [0.4, 0.5) is 5.82 Å². The summed E-state index contributed by atoms with van der Waals surface area (Å²) in [6.45, 7) is 0. The number of nitrogen functional groups attached to an aromatic ring is 1. The van der Waals surface area contributed by atoms with E-state index in [4.69, 9.17) is 5.73 Å². The van der Waals surface area contributed by atoms with Crippen molar-refractivity contribution in [3.8, 4) is 0 Å². The fourth-order valence-electron chi connectivity index (χ4n) is 0.995. The molecule has 0 unspecified atom stereocenters. The number of nitrogens with zero attached hydrogens (tertiary/aromatic N) is 3. The van der Waals surface area contributed by atoms with Crippen molar-refractivity contribution in [2.75, 3.05) is 5.73 Å². The van der Waals surface area contributed by atoms with Gasteiger partial charge < -0.3 is 5.73 Å². The minimum Gasteiger partial charge on any atom is -0.383 e. The highest BCUT2D eigenvalue weighted by Crippen LogP contribution is 2.08. The van der Waals surface area contributed by atoms with Crippen LogP contribution in [-0.4, -0.2) is 20.9 Å². The third kappa shape index (κ3) is 0.763. The molecule has 60 valence electrons. The fraction of sp³-hybridized carbons (Fsp3) is 0. The van der Waals surface area contributed by atoms with Crippen molar-refractivity contribution >= 4 is 17.8 Å². The van der Waals surface area contributed by atoms with E-state index in [9.17, 15) is 4.79 Å². The molecular weight excluding hydrogens is 156 g/mol. The lowest BCUT2D eigenvalue weighted by molar-refractivity contribution is 0.112. The number of hydrogen-bond donors (Lipinski definition) is 1. The summed E-state index contributed by atoms with van der Waals surface area (Å²) >= 11 is 0. The van der Waals surface area contributed by atoms with Gasteiger partial charge in [0.15, 0.2) is 11.9 Å². The van der Waals surface area contributed by atoms with E-state index in [1.54, 1.807) is 12.3 Å². The lowest BCUT2D eigenvalue weighted by Gasteiger charge is -1.99. The molecule has 0 saturated carbocycles. The van der Waals surface area contributed by atoms with Crippen molar-refractivity contribution in [3.05, 3.63) is 24.0 Å². The first kappa shape index (κ1) is 6.78. The molecule has 0 saturated heterocycles. The highest BCUT2D eigenvalue weighted by molar-refractivity contribution is 5.81. The Balaban J connectivity index is 2.86. The lowest BCUT2D eigenvalue weighted by atomic mass is 10.3. The van der Waals surface area contributed by atoms with Gasteiger partial charge in [0.2, 0.25) is 0 Å². The number of rotatable bonds is 1. The van der Waals surface area contributed by atoms with Gasteiger partial charge in [-0.2, -0.15) is 9.61 Å². The minimum atomic E-state index is 0.319. The second kappa shape index (κ2) is 2.30. The Bertz CT molecular complexity index is 434. The van der Waals surface area contributed by atoms with Crippen LogP contribution in [0.5, 0.6) is 0 Å². The molecule has 0 radical (unpaired) electrons. The summed E-state index contributed by atoms with van der Waals surface area (Å²) in [7, 11) is 0. The van der Waals surface area contributed by atoms with Crippen LogP contribution in [0.25, 0.3) is 5.65 Å². The molecule has 0 bridgehead atoms. The molecule has 0 aromatic carbocycles. The van der Waals surface area contributed by atoms with Crippen LogP contribution in [0.1, 0.15) is 10.4 Å². The molecule has 2 aromatic rings. The predicted octanol–water partition coefficient (Wildman–Crippen LogP) is 0.124. The molecule has 12 heavy (non-hydrogen) atoms. The van der Waals surface area contributed by atoms with E-state index in [-0.39, 0.29) is 0 Å². The van der Waals surface area contributed by atoms with Crippen LogP contribution >= 0.6 is 0 Å². The summed E-state index contributed by atoms with van der Waals surface area (Å²) in [4.78, 5) is 14.4. The van der Waals surface area contributed by atoms with E-state index in [0.29, 0.717) is 23.3 Å². The van der Waals surface area contributed by atoms with Crippen LogP contribution < -0.4 is 5.73 Å². The first-order chi connectivity index (χ1) is 5.83. The van der Waals surface area contributed by atoms with Gasteiger partial charge in [-0.1, -0.05) is 0 Å². The van der Waals surface area contributed by atoms with Crippen molar-refractivity contribution in [1.29, 1.82) is 0 Å². The standard InChI is InChI=1S/C7H6N4O/c8-7-5(4-12)3-9-6-1-2-10-11(6)7/h1-4H,8H2. The number of fused-ring (bicyclic) bond motifs is 1. The first-order valence-corrected chi connectivity index (χ1v) is 3.36. The monoisotopic (exact) mass is 162 g/mol. The van der Waals surface area contributed by atoms with Crippen molar-refractivity contribution in [2.24, 2.45) is 0 Å². The number of hydrogen-bond acceptors (Lipinski definition) is 4. The predicted molar refractivity (Wildman–Crippen MR) is 42.8 cm³/mol. The van der Waals surface area contributed by atoms with Gasteiger partial charge in [-0.05, 0) is 0 Å². The molecule has 0 atom stereocenters. The van der Waals surface area contributed by atoms with Crippen molar-refractivity contribution < 1.29 is 4.79 Å². The van der Waals surface area contributed by atoms with Gasteiger partial charge in [0.1, 0.15) is 5.82 Å². The highest BCUT2D eigenvalue weighted by Gasteiger charge is 2.03. The lowest BCUT2D eigenvalue weighted by Crippen LogP contribution is -2.03. The molecule has 2 N–H and O–H groups in total. The average molecular weight is 162 g/mol. The summed E-state index contributed by atoms with van der Waals surface area (Å²) in [5.74, 6) is 0.319. The maximum Gasteiger partial charge on any atom is 0.157 e. The molecule has 5 heteroatoms. The average Bonchev–Trinajstić information content (AvgIpc) is 2.53. The van der Waals surface area contributed by atoms with Gasteiger partial charge in [-0.15, -0.1) is 0 Å². The zero-order valence-electron chi connectivity index (χ0n) is 6.14. The molecule has 5 nitrogen and oxygen atoms in total. The number of carbonyl (C=O) groups excluding carboxylic acids is 1. The van der Waals surface area contributed by atoms with Crippen LogP contribution in [0.3, 0.4) is 0 Å². The van der Waals surface area contributed by atoms with Gasteiger partial charge in [0.25, 0.3) is 0 Å². The van der Waals surface area contributed by atoms with E-state index in [1.807, 2.05) is 0 Å². The summed E-state index contributed by atoms with van der Waals surface area (Å²) in [5.41, 5.74) is 6.59. The topological polar surface area (TPSA) is 73.3 Å². The molecular formula is C7H6N4O. The number of aromatic nitrogens is 3. The SMILES string of the molecule is Nc1c(C=O)cnc2ccnn12. The van der Waals surface area contributed by atoms with Crippen LogP contribution in [-0.2, 0) is 0 Å². The van der Waals surface area contributed by atoms with E-state index < -0.39 is 0 Å². The zero-order chi connectivity index (χ0) is 8.55. The van der Waals surface area contributed by atoms with Crippen LogP contribution in [0, 0.1) is 0 Å². The maximum atomic E-state index is 10.4. The Morgan fingerprint density at radius 1 is 1.58 bits per heavy atom. The summed E-state index contributed by atoms with van der Waals surface area (Å²) in [5, 5.41) is 3.90. The largest absolute Gasteiger partial charge is 0.383 e. The number of anilines is 1. The van der Waals surface area contributed by atoms with E-state index in [0.717, 1.165) is 0 Å². The van der Waals surface area contributed by atoms with Crippen LogP contribution in [0.2, 0.25) is 0 Å². The maximum absolute atomic E-state index is 10.4. The smallest absolute Gasteiger partial charge is 0.157 e. The molecule has 2 heterocycles. The Kier molecular flexibility index (Phi) is 1.30. The Labute approximate surface area is 67.8 Å². The van der Waals surface area contributed by atoms with Gasteiger partial charge in [0.05, 0.1) is 11.8 Å². The fourth-order valence-corrected chi connectivity index (χ4v) is 0.995. The molecule has 0 aliphatic heterocycles. The van der Waals surface area contributed by atoms with Gasteiger partial charge >= 0.3 is 0 Å². The van der Waals surface area contributed by atoms with Crippen molar-refractivity contribution in [1.82, 2.24) is 14.6 Å². The third-order valence-corrected chi connectivity index (χ3v) is 1.61. The zero-order valence-corrected chi connectivity index (χ0v) is 6.14. The Hall–Kier alpha value is -1.91. The first-order valence-electron chi connectivity index (χ1n) is 3.36. The van der Waals surface area contributed by atoms with Crippen molar-refractivity contribution in [2.45, 2.75) is 0 Å². The summed E-state index contributed by atoms with van der Waals surface area (Å²) in [6.07, 6.45) is 3.66. The summed E-state index contributed by atoms with van der Waals surface area (Å²) in [6, 6.07) is 1.71. The number of aldehydes is 1. The molecule has 2 aromatic heterocycles. The van der Waals surface area contributed by atoms with Crippen molar-refractivity contribution in [3.63, 3.8) is 0 Å². The van der Waals surface area contributed by atoms with Gasteiger partial charge in [-0.3, -0.25) is 4.79 Å². The molecule has 0 aliphatic carbocycles. The Morgan fingerprint density at radius 3 is 3.17 bits per heavy atom. The van der Waals surface area contributed by atoms with Crippen LogP contribution in [0.15, 0.2) is 18.5 Å². The normalized spacial score (nSPS) is 10.3. The number of carbonyl (C=O) groups is 1. The summed E-state index contributed by atoms with van der Waals surface area (Å²) < 4.78 is 1.42. The molecule has 0 amide bonds. The highest BCUT2D eigenvalue weighted by atomic mass is 16.1. The van der Waals surface area contributed by atoms with E-state index in [1.165, 1.54) is 10.7 Å². The molecule has 0 spiro atoms. The second-order valence-electron chi connectivity index (χ2n) is 2.32.